The van der Waals surface area contributed by atoms with Crippen LogP contribution in [-0.2, 0) is 13.5 Å². The number of rotatable bonds is 1. The number of benzene rings is 3. The van der Waals surface area contributed by atoms with E-state index in [1.807, 2.05) is 56.4 Å². The Bertz CT molecular complexity index is 1560. The van der Waals surface area contributed by atoms with Gasteiger partial charge in [0, 0.05) is 28.1 Å². The molecule has 0 unspecified atom stereocenters. The van der Waals surface area contributed by atoms with E-state index < -0.39 is 6.85 Å². The summed E-state index contributed by atoms with van der Waals surface area (Å²) in [4.78, 5) is 4.85. The second-order valence-corrected chi connectivity index (χ2v) is 7.79. The second kappa shape index (κ2) is 5.77. The topological polar surface area (TPSA) is 21.7 Å². The number of aryl methyl sites for hydroxylation is 2. The molecule has 0 N–H and O–H groups in total. The molecule has 0 radical (unpaired) electrons. The number of aromatic nitrogens is 3. The molecule has 0 aliphatic carbocycles. The van der Waals surface area contributed by atoms with Crippen LogP contribution in [0.4, 0.5) is 0 Å². The molecule has 1 aliphatic heterocycles. The van der Waals surface area contributed by atoms with Gasteiger partial charge in [0.15, 0.2) is 0 Å². The maximum atomic E-state index is 8.23. The Labute approximate surface area is 174 Å². The summed E-state index contributed by atoms with van der Waals surface area (Å²) in [5.41, 5.74) is 8.32. The highest BCUT2D eigenvalue weighted by Crippen LogP contribution is 2.40. The molecule has 3 heteroatoms. The summed E-state index contributed by atoms with van der Waals surface area (Å²) in [7, 11) is 2.05. The van der Waals surface area contributed by atoms with Crippen LogP contribution in [0.5, 0.6) is 0 Å². The third kappa shape index (κ3) is 2.18. The van der Waals surface area contributed by atoms with Crippen molar-refractivity contribution in [2.24, 2.45) is 7.05 Å². The Kier molecular flexibility index (Phi) is 2.72. The fraction of sp³-hybridized carbons (Fsp3) is 0.154. The molecule has 0 atom stereocenters. The zero-order chi connectivity index (χ0) is 22.2. The Morgan fingerprint density at radius 2 is 1.86 bits per heavy atom. The molecule has 1 aliphatic rings. The Morgan fingerprint density at radius 3 is 2.76 bits per heavy atom. The normalized spacial score (nSPS) is 14.5. The SMILES string of the molecule is [2H]C([2H])([2H])c1cc2c(c(-c3ccc4ccccc4[n+]3C)c1C)Cc1nc3ccccc3n1-2. The predicted octanol–water partition coefficient (Wildman–Crippen LogP) is 5.19. The van der Waals surface area contributed by atoms with E-state index in [2.05, 4.69) is 33.4 Å². The molecule has 3 nitrogen and oxygen atoms in total. The van der Waals surface area contributed by atoms with Gasteiger partial charge in [-0.25, -0.2) is 4.98 Å². The van der Waals surface area contributed by atoms with Crippen LogP contribution in [0.2, 0.25) is 0 Å². The predicted molar refractivity (Wildman–Crippen MR) is 117 cm³/mol. The third-order valence-electron chi connectivity index (χ3n) is 6.21. The minimum atomic E-state index is -2.21. The Morgan fingerprint density at radius 1 is 1.03 bits per heavy atom. The van der Waals surface area contributed by atoms with Crippen LogP contribution >= 0.6 is 0 Å². The highest BCUT2D eigenvalue weighted by Gasteiger charge is 2.30. The summed E-state index contributed by atoms with van der Waals surface area (Å²) >= 11 is 0. The molecule has 140 valence electrons. The smallest absolute Gasteiger partial charge is 0.213 e. The molecule has 2 aromatic heterocycles. The van der Waals surface area contributed by atoms with Crippen molar-refractivity contribution in [2.45, 2.75) is 20.2 Å². The van der Waals surface area contributed by atoms with Crippen molar-refractivity contribution in [2.75, 3.05) is 0 Å². The molecule has 29 heavy (non-hydrogen) atoms. The summed E-state index contributed by atoms with van der Waals surface area (Å²) in [5, 5.41) is 1.15. The van der Waals surface area contributed by atoms with Crippen molar-refractivity contribution in [3.05, 3.63) is 89.2 Å². The molecule has 0 amide bonds. The molecule has 3 aromatic carbocycles. The zero-order valence-electron chi connectivity index (χ0n) is 19.4. The molecule has 6 rings (SSSR count). The molecule has 0 saturated heterocycles. The van der Waals surface area contributed by atoms with E-state index in [1.165, 1.54) is 0 Å². The number of pyridine rings is 1. The van der Waals surface area contributed by atoms with Crippen molar-refractivity contribution >= 4 is 21.9 Å². The lowest BCUT2D eigenvalue weighted by Crippen LogP contribution is -2.32. The largest absolute Gasteiger partial charge is 0.296 e. The molecular weight excluding hydrogens is 354 g/mol. The lowest BCUT2D eigenvalue weighted by atomic mass is 9.92. The third-order valence-corrected chi connectivity index (χ3v) is 6.21. The van der Waals surface area contributed by atoms with Crippen LogP contribution in [-0.4, -0.2) is 9.55 Å². The van der Waals surface area contributed by atoms with Crippen molar-refractivity contribution in [1.82, 2.24) is 9.55 Å². The van der Waals surface area contributed by atoms with Crippen molar-refractivity contribution < 1.29 is 8.68 Å². The van der Waals surface area contributed by atoms with Gasteiger partial charge in [-0.1, -0.05) is 24.3 Å². The highest BCUT2D eigenvalue weighted by atomic mass is 15.1. The van der Waals surface area contributed by atoms with Crippen LogP contribution in [0.1, 0.15) is 26.6 Å². The van der Waals surface area contributed by atoms with Gasteiger partial charge in [0.1, 0.15) is 12.9 Å². The standard InChI is InChI=1S/C26H22N3/c1-16-14-24-19(15-25-27-20-9-5-7-11-22(20)29(24)25)26(17(16)2)23-13-12-18-8-4-6-10-21(18)28(23)3/h4-14H,15H2,1-3H3/q+1/i1D3. The van der Waals surface area contributed by atoms with Crippen LogP contribution in [0.15, 0.2) is 66.7 Å². The summed E-state index contributed by atoms with van der Waals surface area (Å²) in [6.45, 7) is -0.270. The first-order valence-electron chi connectivity index (χ1n) is 11.4. The summed E-state index contributed by atoms with van der Waals surface area (Å²) < 4.78 is 29.0. The van der Waals surface area contributed by atoms with Crippen LogP contribution in [0, 0.1) is 13.8 Å². The molecule has 5 aromatic rings. The quantitative estimate of drug-likeness (QED) is 0.360. The van der Waals surface area contributed by atoms with Crippen molar-refractivity contribution in [3.8, 4) is 16.9 Å². The van der Waals surface area contributed by atoms with Gasteiger partial charge in [0.25, 0.3) is 0 Å². The van der Waals surface area contributed by atoms with E-state index in [0.29, 0.717) is 12.0 Å². The molecule has 0 saturated carbocycles. The average molecular weight is 380 g/mol. The van der Waals surface area contributed by atoms with Gasteiger partial charge in [0.05, 0.1) is 22.3 Å². The maximum Gasteiger partial charge on any atom is 0.213 e. The van der Waals surface area contributed by atoms with Crippen LogP contribution < -0.4 is 4.57 Å². The number of para-hydroxylation sites is 3. The Hall–Kier alpha value is -3.46. The molecule has 3 heterocycles. The first kappa shape index (κ1) is 13.7. The van der Waals surface area contributed by atoms with Gasteiger partial charge in [-0.2, -0.15) is 4.57 Å². The van der Waals surface area contributed by atoms with E-state index in [1.54, 1.807) is 0 Å². The molecule has 0 spiro atoms. The number of fused-ring (bicyclic) bond motifs is 6. The van der Waals surface area contributed by atoms with Crippen molar-refractivity contribution in [3.63, 3.8) is 0 Å². The lowest BCUT2D eigenvalue weighted by Gasteiger charge is -2.15. The monoisotopic (exact) mass is 379 g/mol. The highest BCUT2D eigenvalue weighted by molar-refractivity contribution is 5.84. The van der Waals surface area contributed by atoms with E-state index in [-0.39, 0.29) is 0 Å². The van der Waals surface area contributed by atoms with Crippen molar-refractivity contribution in [1.29, 1.82) is 0 Å². The first-order chi connectivity index (χ1) is 15.3. The van der Waals surface area contributed by atoms with E-state index in [0.717, 1.165) is 55.8 Å². The van der Waals surface area contributed by atoms with Gasteiger partial charge in [-0.15, -0.1) is 0 Å². The summed E-state index contributed by atoms with van der Waals surface area (Å²) in [6.07, 6.45) is 0.675. The second-order valence-electron chi connectivity index (χ2n) is 7.79. The van der Waals surface area contributed by atoms with Crippen LogP contribution in [0.25, 0.3) is 38.9 Å². The van der Waals surface area contributed by atoms with E-state index in [9.17, 15) is 0 Å². The number of hydrogen-bond acceptors (Lipinski definition) is 1. The average Bonchev–Trinajstić information content (AvgIpc) is 3.29. The lowest BCUT2D eigenvalue weighted by molar-refractivity contribution is -0.633. The minimum absolute atomic E-state index is 0.394. The summed E-state index contributed by atoms with van der Waals surface area (Å²) in [6, 6.07) is 22.4. The van der Waals surface area contributed by atoms with Gasteiger partial charge in [0.2, 0.25) is 11.2 Å². The Balaban J connectivity index is 1.72. The zero-order valence-corrected chi connectivity index (χ0v) is 16.4. The molecule has 0 fully saturated rings. The molecule has 0 bridgehead atoms. The molecular formula is C26H22N3+. The van der Waals surface area contributed by atoms with Crippen LogP contribution in [0.3, 0.4) is 0 Å². The summed E-state index contributed by atoms with van der Waals surface area (Å²) in [5.74, 6) is 0.952. The van der Waals surface area contributed by atoms with Gasteiger partial charge in [-0.3, -0.25) is 4.57 Å². The fourth-order valence-electron chi connectivity index (χ4n) is 4.76. The number of imidazole rings is 1. The van der Waals surface area contributed by atoms with Gasteiger partial charge < -0.3 is 0 Å². The van der Waals surface area contributed by atoms with Gasteiger partial charge >= 0.3 is 0 Å². The minimum Gasteiger partial charge on any atom is -0.296 e. The van der Waals surface area contributed by atoms with Gasteiger partial charge in [-0.05, 0) is 60.8 Å². The number of hydrogen-bond donors (Lipinski definition) is 0. The fourth-order valence-corrected chi connectivity index (χ4v) is 4.76. The van der Waals surface area contributed by atoms with E-state index in [4.69, 9.17) is 9.10 Å². The maximum absolute atomic E-state index is 8.23. The first-order valence-corrected chi connectivity index (χ1v) is 9.86. The van der Waals surface area contributed by atoms with E-state index >= 15 is 0 Å². The number of nitrogens with zero attached hydrogens (tertiary/aromatic N) is 3.